The van der Waals surface area contributed by atoms with Gasteiger partial charge in [0.2, 0.25) is 0 Å². The lowest BCUT2D eigenvalue weighted by molar-refractivity contribution is 0.102. The van der Waals surface area contributed by atoms with Gasteiger partial charge in [0.15, 0.2) is 0 Å². The molecule has 1 saturated heterocycles. The van der Waals surface area contributed by atoms with Gasteiger partial charge >= 0.3 is 0 Å². The topological polar surface area (TPSA) is 61.6 Å². The van der Waals surface area contributed by atoms with Gasteiger partial charge in [0.05, 0.1) is 16.9 Å². The van der Waals surface area contributed by atoms with Crippen molar-refractivity contribution in [3.8, 4) is 0 Å². The number of nitrogen functional groups attached to an aromatic ring is 1. The number of halogens is 1. The first-order valence-electron chi connectivity index (χ1n) is 7.93. The van der Waals surface area contributed by atoms with Gasteiger partial charge in [-0.05, 0) is 37.4 Å². The molecule has 1 amide bonds. The van der Waals surface area contributed by atoms with Crippen LogP contribution in [-0.2, 0) is 0 Å². The van der Waals surface area contributed by atoms with Crippen LogP contribution in [0.2, 0.25) is 0 Å². The maximum atomic E-state index is 13.8. The molecule has 0 aromatic heterocycles. The van der Waals surface area contributed by atoms with Crippen molar-refractivity contribution >= 4 is 23.0 Å². The molecule has 0 unspecified atom stereocenters. The van der Waals surface area contributed by atoms with Crippen molar-refractivity contribution in [3.05, 3.63) is 53.8 Å². The highest BCUT2D eigenvalue weighted by Gasteiger charge is 2.19. The van der Waals surface area contributed by atoms with Gasteiger partial charge in [0.25, 0.3) is 5.91 Å². The van der Waals surface area contributed by atoms with Gasteiger partial charge in [0.1, 0.15) is 5.82 Å². The van der Waals surface area contributed by atoms with Crippen molar-refractivity contribution < 1.29 is 9.18 Å². The minimum Gasteiger partial charge on any atom is -0.399 e. The Kier molecular flexibility index (Phi) is 4.66. The number of likely N-dealkylation sites (N-methyl/N-ethyl adjacent to an activating group) is 1. The molecular weight excluding hydrogens is 307 g/mol. The zero-order valence-electron chi connectivity index (χ0n) is 13.6. The molecule has 1 aliphatic rings. The number of rotatable bonds is 3. The molecule has 3 N–H and O–H groups in total. The van der Waals surface area contributed by atoms with Gasteiger partial charge < -0.3 is 20.9 Å². The van der Waals surface area contributed by atoms with E-state index in [1.165, 1.54) is 12.1 Å². The second-order valence-electron chi connectivity index (χ2n) is 6.00. The van der Waals surface area contributed by atoms with E-state index in [2.05, 4.69) is 22.2 Å². The molecule has 1 heterocycles. The predicted molar refractivity (Wildman–Crippen MR) is 94.9 cm³/mol. The highest BCUT2D eigenvalue weighted by molar-refractivity contribution is 6.06. The van der Waals surface area contributed by atoms with Crippen LogP contribution in [0, 0.1) is 5.82 Å². The zero-order chi connectivity index (χ0) is 17.1. The summed E-state index contributed by atoms with van der Waals surface area (Å²) in [6.07, 6.45) is 0. The maximum Gasteiger partial charge on any atom is 0.258 e. The SMILES string of the molecule is CN1CCN(c2ccc(N)cc2NC(=O)c2ccccc2F)CC1. The number of anilines is 3. The molecular formula is C18H21FN4O. The number of benzene rings is 2. The monoisotopic (exact) mass is 328 g/mol. The Labute approximate surface area is 140 Å². The van der Waals surface area contributed by atoms with Crippen LogP contribution in [0.3, 0.4) is 0 Å². The fourth-order valence-electron chi connectivity index (χ4n) is 2.81. The minimum atomic E-state index is -0.542. The van der Waals surface area contributed by atoms with Crippen LogP contribution >= 0.6 is 0 Å². The van der Waals surface area contributed by atoms with Crippen LogP contribution in [-0.4, -0.2) is 44.0 Å². The number of carbonyl (C=O) groups excluding carboxylic acids is 1. The summed E-state index contributed by atoms with van der Waals surface area (Å²) in [5, 5.41) is 2.80. The fraction of sp³-hybridized carbons (Fsp3) is 0.278. The van der Waals surface area contributed by atoms with E-state index < -0.39 is 11.7 Å². The molecule has 24 heavy (non-hydrogen) atoms. The molecule has 1 fully saturated rings. The smallest absolute Gasteiger partial charge is 0.258 e. The fourth-order valence-corrected chi connectivity index (χ4v) is 2.81. The average Bonchev–Trinajstić information content (AvgIpc) is 2.56. The molecule has 0 radical (unpaired) electrons. The van der Waals surface area contributed by atoms with E-state index in [9.17, 15) is 9.18 Å². The first kappa shape index (κ1) is 16.3. The van der Waals surface area contributed by atoms with E-state index >= 15 is 0 Å². The van der Waals surface area contributed by atoms with Crippen LogP contribution in [0.4, 0.5) is 21.5 Å². The van der Waals surface area contributed by atoms with E-state index in [0.29, 0.717) is 11.4 Å². The lowest BCUT2D eigenvalue weighted by Gasteiger charge is -2.35. The standard InChI is InChI=1S/C18H21FN4O/c1-22-8-10-23(11-9-22)17-7-6-13(20)12-16(17)21-18(24)14-4-2-3-5-15(14)19/h2-7,12H,8-11,20H2,1H3,(H,21,24). The largest absolute Gasteiger partial charge is 0.399 e. The van der Waals surface area contributed by atoms with E-state index in [0.717, 1.165) is 31.9 Å². The van der Waals surface area contributed by atoms with Gasteiger partial charge in [0, 0.05) is 31.9 Å². The molecule has 126 valence electrons. The number of nitrogens with zero attached hydrogens (tertiary/aromatic N) is 2. The normalized spacial score (nSPS) is 15.3. The average molecular weight is 328 g/mol. The van der Waals surface area contributed by atoms with Gasteiger partial charge in [-0.2, -0.15) is 0 Å². The number of nitrogens with one attached hydrogen (secondary N) is 1. The summed E-state index contributed by atoms with van der Waals surface area (Å²) in [4.78, 5) is 16.9. The lowest BCUT2D eigenvalue weighted by Crippen LogP contribution is -2.44. The van der Waals surface area contributed by atoms with Crippen molar-refractivity contribution in [2.24, 2.45) is 0 Å². The van der Waals surface area contributed by atoms with Gasteiger partial charge in [-0.15, -0.1) is 0 Å². The summed E-state index contributed by atoms with van der Waals surface area (Å²) in [6, 6.07) is 11.4. The van der Waals surface area contributed by atoms with Gasteiger partial charge in [-0.25, -0.2) is 4.39 Å². The third kappa shape index (κ3) is 3.49. The zero-order valence-corrected chi connectivity index (χ0v) is 13.6. The number of amides is 1. The van der Waals surface area contributed by atoms with E-state index in [1.807, 2.05) is 12.1 Å². The molecule has 6 heteroatoms. The summed E-state index contributed by atoms with van der Waals surface area (Å²) >= 11 is 0. The lowest BCUT2D eigenvalue weighted by atomic mass is 10.1. The van der Waals surface area contributed by atoms with Gasteiger partial charge in [-0.3, -0.25) is 4.79 Å². The molecule has 0 spiro atoms. The summed E-state index contributed by atoms with van der Waals surface area (Å²) in [5.41, 5.74) is 7.95. The van der Waals surface area contributed by atoms with Crippen molar-refractivity contribution in [3.63, 3.8) is 0 Å². The highest BCUT2D eigenvalue weighted by atomic mass is 19.1. The number of nitrogens with two attached hydrogens (primary N) is 1. The maximum absolute atomic E-state index is 13.8. The van der Waals surface area contributed by atoms with Crippen LogP contribution in [0.5, 0.6) is 0 Å². The Balaban J connectivity index is 1.86. The molecule has 0 saturated carbocycles. The Bertz CT molecular complexity index is 742. The first-order valence-corrected chi connectivity index (χ1v) is 7.93. The van der Waals surface area contributed by atoms with Crippen molar-refractivity contribution in [2.45, 2.75) is 0 Å². The quantitative estimate of drug-likeness (QED) is 0.850. The second kappa shape index (κ2) is 6.88. The van der Waals surface area contributed by atoms with Crippen LogP contribution in [0.15, 0.2) is 42.5 Å². The summed E-state index contributed by atoms with van der Waals surface area (Å²) in [7, 11) is 2.08. The molecule has 3 rings (SSSR count). The third-order valence-electron chi connectivity index (χ3n) is 4.23. The Morgan fingerprint density at radius 1 is 1.12 bits per heavy atom. The van der Waals surface area contributed by atoms with E-state index in [1.54, 1.807) is 18.2 Å². The summed E-state index contributed by atoms with van der Waals surface area (Å²) in [6.45, 7) is 3.63. The summed E-state index contributed by atoms with van der Waals surface area (Å²) in [5.74, 6) is -1.02. The molecule has 5 nitrogen and oxygen atoms in total. The number of carbonyl (C=O) groups is 1. The minimum absolute atomic E-state index is 0.0178. The van der Waals surface area contributed by atoms with E-state index in [4.69, 9.17) is 5.73 Å². The molecule has 0 atom stereocenters. The van der Waals surface area contributed by atoms with Gasteiger partial charge in [-0.1, -0.05) is 12.1 Å². The van der Waals surface area contributed by atoms with Crippen molar-refractivity contribution in [1.82, 2.24) is 4.90 Å². The molecule has 2 aromatic rings. The molecule has 2 aromatic carbocycles. The molecule has 0 bridgehead atoms. The third-order valence-corrected chi connectivity index (χ3v) is 4.23. The van der Waals surface area contributed by atoms with Crippen molar-refractivity contribution in [2.75, 3.05) is 49.2 Å². The van der Waals surface area contributed by atoms with Crippen LogP contribution < -0.4 is 16.0 Å². The Morgan fingerprint density at radius 2 is 1.83 bits per heavy atom. The second-order valence-corrected chi connectivity index (χ2v) is 6.00. The first-order chi connectivity index (χ1) is 11.5. The van der Waals surface area contributed by atoms with Crippen LogP contribution in [0.1, 0.15) is 10.4 Å². The predicted octanol–water partition coefficient (Wildman–Crippen LogP) is 2.41. The number of piperazine rings is 1. The van der Waals surface area contributed by atoms with Crippen LogP contribution in [0.25, 0.3) is 0 Å². The highest BCUT2D eigenvalue weighted by Crippen LogP contribution is 2.29. The number of hydrogen-bond acceptors (Lipinski definition) is 4. The molecule has 0 aliphatic carbocycles. The van der Waals surface area contributed by atoms with E-state index in [-0.39, 0.29) is 5.56 Å². The van der Waals surface area contributed by atoms with Crippen molar-refractivity contribution in [1.29, 1.82) is 0 Å². The Hall–Kier alpha value is -2.60. The summed E-state index contributed by atoms with van der Waals surface area (Å²) < 4.78 is 13.8. The Morgan fingerprint density at radius 3 is 2.54 bits per heavy atom. The number of hydrogen-bond donors (Lipinski definition) is 2. The molecule has 1 aliphatic heterocycles.